The largest absolute Gasteiger partial charge is 0.395 e. The smallest absolute Gasteiger partial charge is 0.249 e. The number of nitrogens with two attached hydrogens (primary N) is 1. The van der Waals surface area contributed by atoms with Gasteiger partial charge in [-0.3, -0.25) is 9.59 Å². The van der Waals surface area contributed by atoms with E-state index in [1.165, 1.54) is 0 Å². The Hall–Kier alpha value is -1.12. The van der Waals surface area contributed by atoms with E-state index in [2.05, 4.69) is 0 Å². The molecule has 0 radical (unpaired) electrons. The lowest BCUT2D eigenvalue weighted by Gasteiger charge is -2.18. The molecule has 0 saturated carbocycles. The van der Waals surface area contributed by atoms with Crippen LogP contribution in [0.4, 0.5) is 5.69 Å². The van der Waals surface area contributed by atoms with E-state index in [1.54, 1.807) is 0 Å². The van der Waals surface area contributed by atoms with Gasteiger partial charge in [0.1, 0.15) is 0 Å². The van der Waals surface area contributed by atoms with E-state index in [1.807, 2.05) is 20.8 Å². The number of hydrogen-bond donors (Lipinski definition) is 1. The first kappa shape index (κ1) is 8.97. The quantitative estimate of drug-likeness (QED) is 0.657. The van der Waals surface area contributed by atoms with Crippen LogP contribution < -0.4 is 16.6 Å². The van der Waals surface area contributed by atoms with Gasteiger partial charge in [-0.25, -0.2) is 0 Å². The van der Waals surface area contributed by atoms with Crippen LogP contribution in [0.2, 0.25) is 0 Å². The maximum absolute atomic E-state index is 11.0. The highest BCUT2D eigenvalue weighted by Gasteiger charge is 2.24. The molecular weight excluding hydrogens is 154 g/mol. The van der Waals surface area contributed by atoms with Crippen molar-refractivity contribution in [3.8, 4) is 0 Å². The van der Waals surface area contributed by atoms with Crippen LogP contribution in [0.15, 0.2) is 9.59 Å². The van der Waals surface area contributed by atoms with Crippen molar-refractivity contribution in [1.82, 2.24) is 0 Å². The minimum Gasteiger partial charge on any atom is -0.395 e. The summed E-state index contributed by atoms with van der Waals surface area (Å²) in [4.78, 5) is 21.8. The van der Waals surface area contributed by atoms with Crippen LogP contribution in [-0.4, -0.2) is 0 Å². The van der Waals surface area contributed by atoms with Gasteiger partial charge in [0.05, 0.1) is 5.69 Å². The maximum atomic E-state index is 11.0. The van der Waals surface area contributed by atoms with E-state index < -0.39 is 10.9 Å². The molecule has 66 valence electrons. The third-order valence-electron chi connectivity index (χ3n) is 2.44. The van der Waals surface area contributed by atoms with Crippen molar-refractivity contribution >= 4 is 5.69 Å². The minimum atomic E-state index is -0.516. The highest BCUT2D eigenvalue weighted by Crippen LogP contribution is 2.24. The fourth-order valence-corrected chi connectivity index (χ4v) is 1.21. The molecule has 0 heterocycles. The van der Waals surface area contributed by atoms with Gasteiger partial charge in [-0.15, -0.1) is 0 Å². The van der Waals surface area contributed by atoms with Gasteiger partial charge >= 0.3 is 0 Å². The van der Waals surface area contributed by atoms with Gasteiger partial charge in [-0.2, -0.15) is 0 Å². The van der Waals surface area contributed by atoms with Crippen molar-refractivity contribution < 1.29 is 0 Å². The molecule has 0 saturated heterocycles. The Bertz CT molecular complexity index is 358. The Morgan fingerprint density at radius 2 is 1.58 bits per heavy atom. The number of rotatable bonds is 2. The lowest BCUT2D eigenvalue weighted by atomic mass is 9.86. The van der Waals surface area contributed by atoms with Crippen LogP contribution in [0.1, 0.15) is 32.3 Å². The van der Waals surface area contributed by atoms with Crippen molar-refractivity contribution in [1.29, 1.82) is 0 Å². The van der Waals surface area contributed by atoms with E-state index in [9.17, 15) is 9.59 Å². The molecular formula is C9H13NO2. The number of nitrogen functional groups attached to an aromatic ring is 1. The molecule has 0 bridgehead atoms. The Labute approximate surface area is 70.9 Å². The lowest BCUT2D eigenvalue weighted by Crippen LogP contribution is -2.40. The zero-order valence-electron chi connectivity index (χ0n) is 7.55. The Morgan fingerprint density at radius 1 is 1.08 bits per heavy atom. The fraction of sp³-hybridized carbons (Fsp3) is 0.556. The summed E-state index contributed by atoms with van der Waals surface area (Å²) in [7, 11) is 0. The van der Waals surface area contributed by atoms with E-state index in [4.69, 9.17) is 5.73 Å². The first-order valence-electron chi connectivity index (χ1n) is 4.05. The van der Waals surface area contributed by atoms with Crippen LogP contribution >= 0.6 is 0 Å². The average Bonchev–Trinajstić information content (AvgIpc) is 2.03. The summed E-state index contributed by atoms with van der Waals surface area (Å²) in [5.41, 5.74) is 5.18. The summed E-state index contributed by atoms with van der Waals surface area (Å²) >= 11 is 0. The Balaban J connectivity index is 3.07. The molecule has 0 aliphatic rings. The SMILES string of the molecule is CC(C)C(C)c1c(N)c(=O)c1=O. The van der Waals surface area contributed by atoms with Crippen molar-refractivity contribution in [2.75, 3.05) is 5.73 Å². The maximum Gasteiger partial charge on any atom is 0.249 e. The molecule has 0 aliphatic carbocycles. The molecule has 1 unspecified atom stereocenters. The minimum absolute atomic E-state index is 0.0928. The predicted octanol–water partition coefficient (Wildman–Crippen LogP) is 0.624. The summed E-state index contributed by atoms with van der Waals surface area (Å²) < 4.78 is 0. The fourth-order valence-electron chi connectivity index (χ4n) is 1.21. The zero-order chi connectivity index (χ0) is 9.46. The zero-order valence-corrected chi connectivity index (χ0v) is 7.55. The predicted molar refractivity (Wildman–Crippen MR) is 49.0 cm³/mol. The molecule has 0 amide bonds. The highest BCUT2D eigenvalue weighted by molar-refractivity contribution is 5.54. The molecule has 2 N–H and O–H groups in total. The normalized spacial score (nSPS) is 14.0. The van der Waals surface area contributed by atoms with Crippen LogP contribution in [0.5, 0.6) is 0 Å². The van der Waals surface area contributed by atoms with Crippen LogP contribution in [0, 0.1) is 5.92 Å². The number of hydrogen-bond acceptors (Lipinski definition) is 3. The van der Waals surface area contributed by atoms with Gasteiger partial charge in [0, 0.05) is 5.56 Å². The molecule has 0 aliphatic heterocycles. The molecule has 1 atom stereocenters. The lowest BCUT2D eigenvalue weighted by molar-refractivity contribution is 0.530. The van der Waals surface area contributed by atoms with Crippen molar-refractivity contribution in [2.45, 2.75) is 26.7 Å². The van der Waals surface area contributed by atoms with Crippen LogP contribution in [0.25, 0.3) is 0 Å². The van der Waals surface area contributed by atoms with E-state index in [0.29, 0.717) is 11.5 Å². The molecule has 1 aromatic carbocycles. The molecule has 1 rings (SSSR count). The molecule has 12 heavy (non-hydrogen) atoms. The second-order valence-corrected chi connectivity index (χ2v) is 3.52. The molecule has 1 aromatic rings. The molecule has 0 fully saturated rings. The van der Waals surface area contributed by atoms with Crippen molar-refractivity contribution in [3.63, 3.8) is 0 Å². The van der Waals surface area contributed by atoms with Gasteiger partial charge in [-0.05, 0) is 11.8 Å². The topological polar surface area (TPSA) is 60.2 Å². The summed E-state index contributed by atoms with van der Waals surface area (Å²) in [6.45, 7) is 5.92. The summed E-state index contributed by atoms with van der Waals surface area (Å²) in [5, 5.41) is 0. The number of anilines is 1. The summed E-state index contributed by atoms with van der Waals surface area (Å²) in [5.74, 6) is 0.436. The van der Waals surface area contributed by atoms with Crippen LogP contribution in [-0.2, 0) is 0 Å². The monoisotopic (exact) mass is 167 g/mol. The first-order chi connectivity index (χ1) is 5.46. The van der Waals surface area contributed by atoms with Gasteiger partial charge in [0.2, 0.25) is 10.9 Å². The highest BCUT2D eigenvalue weighted by atomic mass is 16.2. The van der Waals surface area contributed by atoms with Crippen molar-refractivity contribution in [2.24, 2.45) is 5.92 Å². The van der Waals surface area contributed by atoms with Gasteiger partial charge in [0.15, 0.2) is 0 Å². The van der Waals surface area contributed by atoms with Crippen molar-refractivity contribution in [3.05, 3.63) is 26.0 Å². The average molecular weight is 167 g/mol. The Morgan fingerprint density at radius 3 is 1.92 bits per heavy atom. The molecule has 3 nitrogen and oxygen atoms in total. The second kappa shape index (κ2) is 2.73. The first-order valence-corrected chi connectivity index (χ1v) is 4.05. The molecule has 3 heteroatoms. The summed E-state index contributed by atoms with van der Waals surface area (Å²) in [6, 6.07) is 0. The van der Waals surface area contributed by atoms with Gasteiger partial charge in [0.25, 0.3) is 0 Å². The van der Waals surface area contributed by atoms with E-state index in [-0.39, 0.29) is 11.6 Å². The Kier molecular flexibility index (Phi) is 2.04. The van der Waals surface area contributed by atoms with Crippen LogP contribution in [0.3, 0.4) is 0 Å². The third kappa shape index (κ3) is 1.05. The second-order valence-electron chi connectivity index (χ2n) is 3.52. The third-order valence-corrected chi connectivity index (χ3v) is 2.44. The van der Waals surface area contributed by atoms with Gasteiger partial charge in [-0.1, -0.05) is 20.8 Å². The standard InChI is InChI=1S/C9H13NO2/c1-4(2)5(3)6-7(10)9(12)8(6)11/h4-5H,10H2,1-3H3. The summed E-state index contributed by atoms with van der Waals surface area (Å²) in [6.07, 6.45) is 0. The van der Waals surface area contributed by atoms with E-state index in [0.717, 1.165) is 0 Å². The molecule has 0 aromatic heterocycles. The molecule has 0 spiro atoms. The van der Waals surface area contributed by atoms with E-state index >= 15 is 0 Å². The van der Waals surface area contributed by atoms with Gasteiger partial charge < -0.3 is 5.73 Å².